The van der Waals surface area contributed by atoms with Crippen molar-refractivity contribution in [2.24, 2.45) is 0 Å². The molecule has 2 nitrogen and oxygen atoms in total. The highest BCUT2D eigenvalue weighted by atomic mass is 28.4. The van der Waals surface area contributed by atoms with Gasteiger partial charge in [-0.05, 0) is 29.7 Å². The van der Waals surface area contributed by atoms with Gasteiger partial charge in [-0.15, -0.1) is 0 Å². The molecule has 0 aliphatic rings. The van der Waals surface area contributed by atoms with E-state index in [4.69, 9.17) is 4.43 Å². The largest absolute Gasteiger partial charge is 0.537 e. The number of hydrogen-bond acceptors (Lipinski definition) is 2. The molecule has 18 heavy (non-hydrogen) atoms. The van der Waals surface area contributed by atoms with E-state index < -0.39 is 16.4 Å². The second-order valence-electron chi connectivity index (χ2n) is 7.66. The summed E-state index contributed by atoms with van der Waals surface area (Å²) in [5.41, 5.74) is 0.455. The maximum Gasteiger partial charge on any atom is 0.251 e. The van der Waals surface area contributed by atoms with Gasteiger partial charge in [-0.2, -0.15) is 5.26 Å². The molecular formula is C14H29NOSi2. The molecule has 0 aromatic heterocycles. The molecule has 4 heteroatoms. The molecule has 0 saturated carbocycles. The molecule has 0 radical (unpaired) electrons. The van der Waals surface area contributed by atoms with Crippen LogP contribution in [-0.2, 0) is 4.43 Å². The first kappa shape index (κ1) is 17.5. The highest BCUT2D eigenvalue weighted by molar-refractivity contribution is 6.78. The normalized spacial score (nSPS) is 16.1. The van der Waals surface area contributed by atoms with Crippen molar-refractivity contribution in [1.82, 2.24) is 0 Å². The lowest BCUT2D eigenvalue weighted by Crippen LogP contribution is -2.40. The molecule has 0 saturated heterocycles. The topological polar surface area (TPSA) is 33.0 Å². The Bertz CT molecular complexity index is 353. The van der Waals surface area contributed by atoms with Crippen LogP contribution in [0.3, 0.4) is 0 Å². The first-order chi connectivity index (χ1) is 7.81. The Morgan fingerprint density at radius 1 is 1.17 bits per heavy atom. The lowest BCUT2D eigenvalue weighted by atomic mass is 10.2. The Kier molecular flexibility index (Phi) is 5.45. The van der Waals surface area contributed by atoms with Gasteiger partial charge >= 0.3 is 0 Å². The molecule has 0 aromatic carbocycles. The molecule has 0 bridgehead atoms. The third-order valence-electron chi connectivity index (χ3n) is 4.05. The Labute approximate surface area is 115 Å². The van der Waals surface area contributed by atoms with Crippen LogP contribution in [0.5, 0.6) is 0 Å². The van der Waals surface area contributed by atoms with Crippen LogP contribution in [0.4, 0.5) is 0 Å². The zero-order valence-electron chi connectivity index (χ0n) is 13.5. The van der Waals surface area contributed by atoms with E-state index in [0.717, 1.165) is 0 Å². The Hall–Kier alpha value is -0.536. The molecule has 0 amide bonds. The average Bonchev–Trinajstić information content (AvgIpc) is 2.12. The monoisotopic (exact) mass is 283 g/mol. The van der Waals surface area contributed by atoms with Crippen molar-refractivity contribution in [2.75, 3.05) is 0 Å². The number of nitriles is 1. The molecule has 0 N–H and O–H groups in total. The molecule has 0 aliphatic carbocycles. The Balaban J connectivity index is 5.07. The zero-order chi connectivity index (χ0) is 14.8. The van der Waals surface area contributed by atoms with Gasteiger partial charge in [-0.1, -0.05) is 47.3 Å². The SMILES string of the molecule is CC(/C=C(\C#N)O[Si](C)(C)C(C)(C)C)[Si](C)(C)C. The summed E-state index contributed by atoms with van der Waals surface area (Å²) in [6.45, 7) is 20.1. The predicted octanol–water partition coefficient (Wildman–Crippen LogP) is 5.14. The number of hydrogen-bond donors (Lipinski definition) is 0. The Morgan fingerprint density at radius 3 is 1.89 bits per heavy atom. The summed E-state index contributed by atoms with van der Waals surface area (Å²) in [5, 5.41) is 9.39. The molecule has 1 unspecified atom stereocenters. The van der Waals surface area contributed by atoms with Crippen LogP contribution in [-0.4, -0.2) is 16.4 Å². The molecule has 0 spiro atoms. The van der Waals surface area contributed by atoms with Gasteiger partial charge in [0, 0.05) is 0 Å². The van der Waals surface area contributed by atoms with Gasteiger partial charge in [0.05, 0.1) is 8.07 Å². The van der Waals surface area contributed by atoms with E-state index in [9.17, 15) is 5.26 Å². The van der Waals surface area contributed by atoms with Gasteiger partial charge in [0.15, 0.2) is 5.76 Å². The summed E-state index contributed by atoms with van der Waals surface area (Å²) in [5.74, 6) is 0.525. The van der Waals surface area contributed by atoms with Crippen molar-refractivity contribution in [3.63, 3.8) is 0 Å². The fourth-order valence-corrected chi connectivity index (χ4v) is 2.62. The molecular weight excluding hydrogens is 254 g/mol. The van der Waals surface area contributed by atoms with Crippen molar-refractivity contribution in [1.29, 1.82) is 5.26 Å². The second kappa shape index (κ2) is 5.62. The van der Waals surface area contributed by atoms with Gasteiger partial charge in [-0.3, -0.25) is 0 Å². The van der Waals surface area contributed by atoms with Crippen LogP contribution < -0.4 is 0 Å². The van der Waals surface area contributed by atoms with Crippen LogP contribution in [0.1, 0.15) is 27.7 Å². The molecule has 0 aromatic rings. The quantitative estimate of drug-likeness (QED) is 0.406. The number of rotatable bonds is 4. The summed E-state index contributed by atoms with van der Waals surface area (Å²) in [6.07, 6.45) is 2.03. The standard InChI is InChI=1S/C14H29NOSi2/c1-12(17(5,6)7)10-13(11-15)16-18(8,9)14(2,3)4/h10,12H,1-9H3/b13-10+. The maximum absolute atomic E-state index is 9.26. The summed E-state index contributed by atoms with van der Waals surface area (Å²) in [7, 11) is -3.14. The summed E-state index contributed by atoms with van der Waals surface area (Å²) in [6, 6.07) is 2.23. The van der Waals surface area contributed by atoms with E-state index in [-0.39, 0.29) is 5.04 Å². The fourth-order valence-electron chi connectivity index (χ4n) is 0.999. The third kappa shape index (κ3) is 4.99. The summed E-state index contributed by atoms with van der Waals surface area (Å²) >= 11 is 0. The van der Waals surface area contributed by atoms with Crippen molar-refractivity contribution < 1.29 is 4.43 Å². The summed E-state index contributed by atoms with van der Waals surface area (Å²) in [4.78, 5) is 0. The first-order valence-electron chi connectivity index (χ1n) is 6.62. The first-order valence-corrected chi connectivity index (χ1v) is 13.1. The molecule has 1 atom stereocenters. The third-order valence-corrected chi connectivity index (χ3v) is 11.3. The average molecular weight is 284 g/mol. The van der Waals surface area contributed by atoms with Crippen molar-refractivity contribution >= 4 is 16.4 Å². The van der Waals surface area contributed by atoms with Crippen molar-refractivity contribution in [3.8, 4) is 6.07 Å². The zero-order valence-corrected chi connectivity index (χ0v) is 15.5. The van der Waals surface area contributed by atoms with Crippen LogP contribution in [0.15, 0.2) is 11.8 Å². The van der Waals surface area contributed by atoms with Crippen LogP contribution in [0.2, 0.25) is 43.3 Å². The molecule has 0 fully saturated rings. The molecule has 0 aliphatic heterocycles. The minimum atomic E-state index is -1.89. The number of nitrogens with zero attached hydrogens (tertiary/aromatic N) is 1. The van der Waals surface area contributed by atoms with E-state index in [1.54, 1.807) is 0 Å². The van der Waals surface area contributed by atoms with E-state index >= 15 is 0 Å². The second-order valence-corrected chi connectivity index (χ2v) is 18.0. The van der Waals surface area contributed by atoms with Gasteiger partial charge in [-0.25, -0.2) is 0 Å². The van der Waals surface area contributed by atoms with E-state index in [1.807, 2.05) is 6.08 Å². The number of allylic oxidation sites excluding steroid dienone is 2. The lowest BCUT2D eigenvalue weighted by molar-refractivity contribution is 0.401. The Morgan fingerprint density at radius 2 is 1.61 bits per heavy atom. The predicted molar refractivity (Wildman–Crippen MR) is 84.7 cm³/mol. The lowest BCUT2D eigenvalue weighted by Gasteiger charge is -2.36. The minimum Gasteiger partial charge on any atom is -0.537 e. The van der Waals surface area contributed by atoms with E-state index in [0.29, 0.717) is 11.3 Å². The van der Waals surface area contributed by atoms with Crippen LogP contribution >= 0.6 is 0 Å². The van der Waals surface area contributed by atoms with E-state index in [2.05, 4.69) is 66.5 Å². The summed E-state index contributed by atoms with van der Waals surface area (Å²) < 4.78 is 6.08. The maximum atomic E-state index is 9.26. The van der Waals surface area contributed by atoms with E-state index in [1.165, 1.54) is 0 Å². The fraction of sp³-hybridized carbons (Fsp3) is 0.786. The smallest absolute Gasteiger partial charge is 0.251 e. The molecule has 104 valence electrons. The van der Waals surface area contributed by atoms with Crippen molar-refractivity contribution in [2.45, 2.75) is 71.0 Å². The van der Waals surface area contributed by atoms with Gasteiger partial charge in [0.2, 0.25) is 0 Å². The molecule has 0 rings (SSSR count). The van der Waals surface area contributed by atoms with Gasteiger partial charge < -0.3 is 4.43 Å². The highest BCUT2D eigenvalue weighted by Crippen LogP contribution is 2.38. The van der Waals surface area contributed by atoms with Gasteiger partial charge in [0.25, 0.3) is 8.32 Å². The minimum absolute atomic E-state index is 0.130. The van der Waals surface area contributed by atoms with Gasteiger partial charge in [0.1, 0.15) is 6.07 Å². The van der Waals surface area contributed by atoms with Crippen LogP contribution in [0.25, 0.3) is 0 Å². The molecule has 0 heterocycles. The highest BCUT2D eigenvalue weighted by Gasteiger charge is 2.39. The van der Waals surface area contributed by atoms with Crippen molar-refractivity contribution in [3.05, 3.63) is 11.8 Å². The van der Waals surface area contributed by atoms with Crippen LogP contribution in [0, 0.1) is 11.3 Å².